The van der Waals surface area contributed by atoms with E-state index in [0.29, 0.717) is 12.8 Å². The van der Waals surface area contributed by atoms with Crippen LogP contribution in [0.4, 0.5) is 13.2 Å². The van der Waals surface area contributed by atoms with Gasteiger partial charge >= 0.3 is 12.1 Å². The fourth-order valence-corrected chi connectivity index (χ4v) is 2.89. The first-order valence-corrected chi connectivity index (χ1v) is 6.57. The normalized spacial score (nSPS) is 29.4. The molecular weight excluding hydrogens is 352 g/mol. The fourth-order valence-electron chi connectivity index (χ4n) is 1.77. The van der Waals surface area contributed by atoms with Gasteiger partial charge in [0, 0.05) is 3.92 Å². The second-order valence-corrected chi connectivity index (χ2v) is 5.50. The number of alkyl halides is 4. The van der Waals surface area contributed by atoms with Crippen LogP contribution in [0.2, 0.25) is 0 Å². The van der Waals surface area contributed by atoms with Crippen LogP contribution in [0.15, 0.2) is 0 Å². The maximum atomic E-state index is 12.0. The van der Waals surface area contributed by atoms with E-state index in [-0.39, 0.29) is 22.4 Å². The van der Waals surface area contributed by atoms with Crippen molar-refractivity contribution in [2.75, 3.05) is 13.2 Å². The van der Waals surface area contributed by atoms with Gasteiger partial charge in [-0.15, -0.1) is 0 Å². The molecular formula is C10H14F3IO3. The Labute approximate surface area is 111 Å². The monoisotopic (exact) mass is 366 g/mol. The van der Waals surface area contributed by atoms with Crippen LogP contribution in [-0.4, -0.2) is 35.4 Å². The Hall–Kier alpha value is -0.0500. The summed E-state index contributed by atoms with van der Waals surface area (Å²) in [5, 5.41) is 0. The second kappa shape index (κ2) is 6.21. The van der Waals surface area contributed by atoms with E-state index >= 15 is 0 Å². The molecule has 0 aromatic heterocycles. The Morgan fingerprint density at radius 1 is 1.41 bits per heavy atom. The molecule has 3 atom stereocenters. The summed E-state index contributed by atoms with van der Waals surface area (Å²) in [4.78, 5) is 11.4. The molecule has 0 amide bonds. The third-order valence-corrected chi connectivity index (χ3v) is 3.82. The third kappa shape index (κ3) is 4.99. The van der Waals surface area contributed by atoms with E-state index in [1.807, 2.05) is 22.6 Å². The molecule has 100 valence electrons. The van der Waals surface area contributed by atoms with Crippen molar-refractivity contribution in [3.63, 3.8) is 0 Å². The summed E-state index contributed by atoms with van der Waals surface area (Å²) in [5.74, 6) is -0.678. The van der Waals surface area contributed by atoms with Crippen LogP contribution in [0.25, 0.3) is 0 Å². The van der Waals surface area contributed by atoms with E-state index in [9.17, 15) is 18.0 Å². The lowest BCUT2D eigenvalue weighted by atomic mass is 10.1. The van der Waals surface area contributed by atoms with Gasteiger partial charge in [0.2, 0.25) is 0 Å². The topological polar surface area (TPSA) is 35.5 Å². The van der Waals surface area contributed by atoms with Gasteiger partial charge in [-0.3, -0.25) is 4.79 Å². The van der Waals surface area contributed by atoms with E-state index in [4.69, 9.17) is 9.47 Å². The molecule has 0 aliphatic heterocycles. The van der Waals surface area contributed by atoms with E-state index < -0.39 is 18.9 Å². The van der Waals surface area contributed by atoms with Crippen LogP contribution in [0, 0.1) is 5.92 Å². The van der Waals surface area contributed by atoms with Crippen molar-refractivity contribution in [2.24, 2.45) is 5.92 Å². The summed E-state index contributed by atoms with van der Waals surface area (Å²) in [6.07, 6.45) is -4.02. The lowest BCUT2D eigenvalue weighted by molar-refractivity contribution is -0.184. The first kappa shape index (κ1) is 15.0. The minimum Gasteiger partial charge on any atom is -0.466 e. The summed E-state index contributed by atoms with van der Waals surface area (Å²) in [5.41, 5.74) is 0. The van der Waals surface area contributed by atoms with Gasteiger partial charge in [0.1, 0.15) is 6.61 Å². The fraction of sp³-hybridized carbons (Fsp3) is 0.900. The highest BCUT2D eigenvalue weighted by Crippen LogP contribution is 2.35. The molecule has 0 saturated heterocycles. The largest absolute Gasteiger partial charge is 0.466 e. The highest BCUT2D eigenvalue weighted by Gasteiger charge is 2.40. The Balaban J connectivity index is 2.41. The zero-order valence-electron chi connectivity index (χ0n) is 9.30. The van der Waals surface area contributed by atoms with Crippen LogP contribution < -0.4 is 0 Å². The molecule has 0 heterocycles. The van der Waals surface area contributed by atoms with Crippen molar-refractivity contribution in [3.05, 3.63) is 0 Å². The SMILES string of the molecule is CCOC(=O)C1CC(I)C(OCC(F)(F)F)C1. The maximum absolute atomic E-state index is 12.0. The minimum absolute atomic E-state index is 0.0793. The second-order valence-electron chi connectivity index (χ2n) is 3.90. The van der Waals surface area contributed by atoms with Crippen molar-refractivity contribution < 1.29 is 27.4 Å². The molecule has 1 aliphatic carbocycles. The third-order valence-electron chi connectivity index (χ3n) is 2.51. The van der Waals surface area contributed by atoms with Crippen LogP contribution in [0.3, 0.4) is 0 Å². The van der Waals surface area contributed by atoms with Gasteiger partial charge in [0.05, 0.1) is 18.6 Å². The van der Waals surface area contributed by atoms with E-state index in [1.165, 1.54) is 0 Å². The molecule has 3 nitrogen and oxygen atoms in total. The smallest absolute Gasteiger partial charge is 0.411 e. The molecule has 1 fully saturated rings. The van der Waals surface area contributed by atoms with Gasteiger partial charge < -0.3 is 9.47 Å². The van der Waals surface area contributed by atoms with Gasteiger partial charge in [-0.2, -0.15) is 13.2 Å². The summed E-state index contributed by atoms with van der Waals surface area (Å²) < 4.78 is 45.5. The first-order valence-electron chi connectivity index (χ1n) is 5.32. The van der Waals surface area contributed by atoms with E-state index in [1.54, 1.807) is 6.92 Å². The Bertz CT molecular complexity index is 270. The Morgan fingerprint density at radius 3 is 2.59 bits per heavy atom. The van der Waals surface area contributed by atoms with Crippen LogP contribution >= 0.6 is 22.6 Å². The zero-order valence-corrected chi connectivity index (χ0v) is 11.5. The molecule has 1 saturated carbocycles. The molecule has 3 unspecified atom stereocenters. The number of hydrogen-bond acceptors (Lipinski definition) is 3. The van der Waals surface area contributed by atoms with Crippen molar-refractivity contribution in [1.29, 1.82) is 0 Å². The lowest BCUT2D eigenvalue weighted by Crippen LogP contribution is -2.26. The number of esters is 1. The Morgan fingerprint density at radius 2 is 2.06 bits per heavy atom. The van der Waals surface area contributed by atoms with Crippen molar-refractivity contribution in [2.45, 2.75) is 36.0 Å². The standard InChI is InChI=1S/C10H14F3IO3/c1-2-16-9(15)6-3-7(14)8(4-6)17-5-10(11,12)13/h6-8H,2-5H2,1H3. The zero-order chi connectivity index (χ0) is 13.1. The summed E-state index contributed by atoms with van der Waals surface area (Å²) >= 11 is 2.02. The molecule has 0 radical (unpaired) electrons. The van der Waals surface area contributed by atoms with Crippen LogP contribution in [0.1, 0.15) is 19.8 Å². The molecule has 7 heteroatoms. The van der Waals surface area contributed by atoms with Gasteiger partial charge in [-0.05, 0) is 19.8 Å². The van der Waals surface area contributed by atoms with Crippen molar-refractivity contribution in [1.82, 2.24) is 0 Å². The van der Waals surface area contributed by atoms with Crippen molar-refractivity contribution in [3.8, 4) is 0 Å². The molecule has 17 heavy (non-hydrogen) atoms. The Kier molecular flexibility index (Phi) is 5.49. The average molecular weight is 366 g/mol. The molecule has 0 bridgehead atoms. The summed E-state index contributed by atoms with van der Waals surface area (Å²) in [7, 11) is 0. The number of hydrogen-bond donors (Lipinski definition) is 0. The van der Waals surface area contributed by atoms with Crippen molar-refractivity contribution >= 4 is 28.6 Å². The summed E-state index contributed by atoms with van der Waals surface area (Å²) in [6.45, 7) is 0.730. The highest BCUT2D eigenvalue weighted by atomic mass is 127. The van der Waals surface area contributed by atoms with Gasteiger partial charge in [0.15, 0.2) is 0 Å². The highest BCUT2D eigenvalue weighted by molar-refractivity contribution is 14.1. The first-order chi connectivity index (χ1) is 7.83. The quantitative estimate of drug-likeness (QED) is 0.436. The van der Waals surface area contributed by atoms with Gasteiger partial charge in [0.25, 0.3) is 0 Å². The minimum atomic E-state index is -4.32. The number of carbonyl (C=O) groups excluding carboxylic acids is 1. The van der Waals surface area contributed by atoms with E-state index in [0.717, 1.165) is 0 Å². The number of ether oxygens (including phenoxy) is 2. The molecule has 0 aromatic carbocycles. The number of halogens is 4. The predicted molar refractivity (Wildman–Crippen MR) is 63.0 cm³/mol. The predicted octanol–water partition coefficient (Wildman–Crippen LogP) is 2.71. The number of rotatable bonds is 4. The molecule has 0 aromatic rings. The van der Waals surface area contributed by atoms with Gasteiger partial charge in [-0.25, -0.2) is 0 Å². The molecule has 0 spiro atoms. The van der Waals surface area contributed by atoms with Crippen LogP contribution in [0.5, 0.6) is 0 Å². The molecule has 1 rings (SSSR count). The molecule has 1 aliphatic rings. The van der Waals surface area contributed by atoms with Crippen LogP contribution in [-0.2, 0) is 14.3 Å². The van der Waals surface area contributed by atoms with Gasteiger partial charge in [-0.1, -0.05) is 22.6 Å². The lowest BCUT2D eigenvalue weighted by Gasteiger charge is -2.16. The van der Waals surface area contributed by atoms with E-state index in [2.05, 4.69) is 0 Å². The average Bonchev–Trinajstić information content (AvgIpc) is 2.56. The summed E-state index contributed by atoms with van der Waals surface area (Å²) in [6, 6.07) is 0. The number of carbonyl (C=O) groups is 1. The molecule has 0 N–H and O–H groups in total. The maximum Gasteiger partial charge on any atom is 0.411 e.